The van der Waals surface area contributed by atoms with Crippen LogP contribution in [0.2, 0.25) is 0 Å². The number of hydrogen-bond donors (Lipinski definition) is 0. The Kier molecular flexibility index (Phi) is 5.69. The zero-order valence-corrected chi connectivity index (χ0v) is 6.65. The summed E-state index contributed by atoms with van der Waals surface area (Å²) in [7, 11) is 3.03. The number of aldehydes is 2. The van der Waals surface area contributed by atoms with Gasteiger partial charge in [-0.2, -0.15) is 0 Å². The Bertz CT molecular complexity index is 128. The van der Waals surface area contributed by atoms with Gasteiger partial charge in [-0.1, -0.05) is 0 Å². The van der Waals surface area contributed by atoms with Crippen LogP contribution in [0.1, 0.15) is 0 Å². The molecule has 2 atom stereocenters. The number of carbonyl (C=O) groups is 2. The van der Waals surface area contributed by atoms with Crippen molar-refractivity contribution in [2.75, 3.05) is 13.7 Å². The van der Waals surface area contributed by atoms with Gasteiger partial charge in [0.15, 0.2) is 6.29 Å². The topological polar surface area (TPSA) is 52.6 Å². The molecule has 0 saturated heterocycles. The van der Waals surface area contributed by atoms with Gasteiger partial charge in [0, 0.05) is 7.11 Å². The first-order valence-corrected chi connectivity index (χ1v) is 3.29. The average Bonchev–Trinajstić information content (AvgIpc) is 2.03. The molecule has 0 fully saturated rings. The fourth-order valence-electron chi connectivity index (χ4n) is 0.583. The Morgan fingerprint density at radius 3 is 2.45 bits per heavy atom. The van der Waals surface area contributed by atoms with Gasteiger partial charge >= 0.3 is 0 Å². The van der Waals surface area contributed by atoms with Crippen LogP contribution in [0.25, 0.3) is 0 Å². The normalized spacial score (nSPS) is 15.4. The van der Waals surface area contributed by atoms with Crippen molar-refractivity contribution in [3.63, 3.8) is 0 Å². The number of ether oxygens (including phenoxy) is 2. The zero-order chi connectivity index (χ0) is 8.69. The highest BCUT2D eigenvalue weighted by molar-refractivity contribution is 6.19. The third-order valence-electron chi connectivity index (χ3n) is 1.06. The van der Waals surface area contributed by atoms with E-state index in [-0.39, 0.29) is 6.61 Å². The molecule has 0 saturated carbocycles. The minimum absolute atomic E-state index is 0.182. The van der Waals surface area contributed by atoms with Crippen molar-refractivity contribution in [1.82, 2.24) is 0 Å². The van der Waals surface area contributed by atoms with E-state index in [1.54, 1.807) is 7.85 Å². The van der Waals surface area contributed by atoms with Crippen LogP contribution in [0.15, 0.2) is 0 Å². The first-order chi connectivity index (χ1) is 5.24. The number of carbonyl (C=O) groups excluding carboxylic acids is 2. The van der Waals surface area contributed by atoms with Gasteiger partial charge in [0.2, 0.25) is 0 Å². The molecule has 11 heavy (non-hydrogen) atoms. The monoisotopic (exact) mass is 158 g/mol. The van der Waals surface area contributed by atoms with Crippen LogP contribution in [0.3, 0.4) is 0 Å². The third-order valence-corrected chi connectivity index (χ3v) is 1.06. The van der Waals surface area contributed by atoms with E-state index in [2.05, 4.69) is 4.74 Å². The molecule has 5 heteroatoms. The average molecular weight is 158 g/mol. The first kappa shape index (κ1) is 10.3. The SMILES string of the molecule is BC(C=O)OC(C=O)COC. The Balaban J connectivity index is 3.66. The lowest BCUT2D eigenvalue weighted by molar-refractivity contribution is -0.127. The van der Waals surface area contributed by atoms with Gasteiger partial charge in [0.05, 0.1) is 12.6 Å². The van der Waals surface area contributed by atoms with Crippen molar-refractivity contribution >= 4 is 20.4 Å². The minimum Gasteiger partial charge on any atom is -0.382 e. The Morgan fingerprint density at radius 2 is 2.09 bits per heavy atom. The summed E-state index contributed by atoms with van der Waals surface area (Å²) >= 11 is 0. The molecule has 0 aliphatic rings. The van der Waals surface area contributed by atoms with E-state index in [9.17, 15) is 9.59 Å². The molecular weight excluding hydrogens is 147 g/mol. The summed E-state index contributed by atoms with van der Waals surface area (Å²) in [6.45, 7) is 0.182. The van der Waals surface area contributed by atoms with Crippen molar-refractivity contribution in [2.24, 2.45) is 0 Å². The first-order valence-electron chi connectivity index (χ1n) is 3.29. The van der Waals surface area contributed by atoms with Crippen molar-refractivity contribution in [3.8, 4) is 0 Å². The predicted molar refractivity (Wildman–Crippen MR) is 41.2 cm³/mol. The quantitative estimate of drug-likeness (QED) is 0.344. The number of hydrogen-bond acceptors (Lipinski definition) is 4. The number of methoxy groups -OCH3 is 1. The zero-order valence-electron chi connectivity index (χ0n) is 6.65. The van der Waals surface area contributed by atoms with Gasteiger partial charge in [-0.25, -0.2) is 0 Å². The second-order valence-electron chi connectivity index (χ2n) is 2.11. The van der Waals surface area contributed by atoms with Gasteiger partial charge in [-0.15, -0.1) is 0 Å². The van der Waals surface area contributed by atoms with Crippen molar-refractivity contribution in [3.05, 3.63) is 0 Å². The number of rotatable bonds is 6. The largest absolute Gasteiger partial charge is 0.382 e. The summed E-state index contributed by atoms with van der Waals surface area (Å²) in [4.78, 5) is 20.3. The van der Waals surface area contributed by atoms with Crippen LogP contribution in [0, 0.1) is 0 Å². The van der Waals surface area contributed by atoms with Crippen LogP contribution in [0.5, 0.6) is 0 Å². The molecule has 0 aliphatic carbocycles. The van der Waals surface area contributed by atoms with Crippen molar-refractivity contribution in [1.29, 1.82) is 0 Å². The molecule has 0 aliphatic heterocycles. The summed E-state index contributed by atoms with van der Waals surface area (Å²) in [5.41, 5.74) is 0. The lowest BCUT2D eigenvalue weighted by atomic mass is 10.0. The van der Waals surface area contributed by atoms with E-state index in [1.165, 1.54) is 7.11 Å². The summed E-state index contributed by atoms with van der Waals surface area (Å²) in [6.07, 6.45) is 0.607. The summed E-state index contributed by atoms with van der Waals surface area (Å²) in [5, 5.41) is 0. The van der Waals surface area contributed by atoms with Gasteiger partial charge in [0.1, 0.15) is 20.2 Å². The molecule has 0 aromatic heterocycles. The van der Waals surface area contributed by atoms with Crippen LogP contribution >= 0.6 is 0 Å². The molecule has 0 N–H and O–H groups in total. The van der Waals surface area contributed by atoms with Crippen LogP contribution in [-0.2, 0) is 19.1 Å². The summed E-state index contributed by atoms with van der Waals surface area (Å²) < 4.78 is 9.60. The van der Waals surface area contributed by atoms with Gasteiger partial charge < -0.3 is 19.1 Å². The van der Waals surface area contributed by atoms with E-state index >= 15 is 0 Å². The van der Waals surface area contributed by atoms with E-state index in [4.69, 9.17) is 4.74 Å². The second-order valence-corrected chi connectivity index (χ2v) is 2.11. The molecule has 0 spiro atoms. The minimum atomic E-state index is -0.639. The molecule has 0 amide bonds. The maximum Gasteiger partial charge on any atom is 0.151 e. The Morgan fingerprint density at radius 1 is 1.45 bits per heavy atom. The maximum absolute atomic E-state index is 10.2. The van der Waals surface area contributed by atoms with Gasteiger partial charge in [0.25, 0.3) is 0 Å². The van der Waals surface area contributed by atoms with E-state index in [1.807, 2.05) is 0 Å². The van der Waals surface area contributed by atoms with Crippen LogP contribution in [0.4, 0.5) is 0 Å². The molecule has 0 heterocycles. The van der Waals surface area contributed by atoms with E-state index in [0.29, 0.717) is 12.6 Å². The van der Waals surface area contributed by atoms with E-state index in [0.717, 1.165) is 0 Å². The molecule has 2 unspecified atom stereocenters. The smallest absolute Gasteiger partial charge is 0.151 e. The molecule has 0 rings (SSSR count). The van der Waals surface area contributed by atoms with Crippen LogP contribution < -0.4 is 0 Å². The lowest BCUT2D eigenvalue weighted by Crippen LogP contribution is -2.28. The Labute approximate surface area is 66.3 Å². The molecule has 4 nitrogen and oxygen atoms in total. The van der Waals surface area contributed by atoms with Gasteiger partial charge in [-0.05, 0) is 0 Å². The molecule has 0 aromatic rings. The highest BCUT2D eigenvalue weighted by Gasteiger charge is 2.10. The molecular formula is C6H11BO4. The molecule has 0 aromatic carbocycles. The van der Waals surface area contributed by atoms with Crippen molar-refractivity contribution in [2.45, 2.75) is 12.1 Å². The lowest BCUT2D eigenvalue weighted by Gasteiger charge is -2.12. The molecule has 62 valence electrons. The van der Waals surface area contributed by atoms with E-state index < -0.39 is 12.1 Å². The highest BCUT2D eigenvalue weighted by atomic mass is 16.5. The Hall–Kier alpha value is -0.675. The van der Waals surface area contributed by atoms with Gasteiger partial charge in [-0.3, -0.25) is 0 Å². The van der Waals surface area contributed by atoms with Crippen LogP contribution in [-0.4, -0.2) is 46.2 Å². The third kappa shape index (κ3) is 4.69. The maximum atomic E-state index is 10.2. The summed E-state index contributed by atoms with van der Waals surface area (Å²) in [6, 6.07) is -0.555. The second kappa shape index (κ2) is 6.06. The standard InChI is InChI=1S/C6H11BO4/c1-10-4-5(2-8)11-6(7)3-9/h2-3,5-6H,4,7H2,1H3. The molecule has 0 radical (unpaired) electrons. The fourth-order valence-corrected chi connectivity index (χ4v) is 0.583. The fraction of sp³-hybridized carbons (Fsp3) is 0.667. The molecule has 0 bridgehead atoms. The predicted octanol–water partition coefficient (Wildman–Crippen LogP) is -1.62. The summed E-state index contributed by atoms with van der Waals surface area (Å²) in [5.74, 6) is 0. The van der Waals surface area contributed by atoms with Crippen molar-refractivity contribution < 1.29 is 19.1 Å². The highest BCUT2D eigenvalue weighted by Crippen LogP contribution is 1.91.